The Kier molecular flexibility index (Phi) is 3.19. The Bertz CT molecular complexity index is 434. The predicted octanol–water partition coefficient (Wildman–Crippen LogP) is 0.408. The van der Waals surface area contributed by atoms with Gasteiger partial charge in [-0.05, 0) is 38.2 Å². The van der Waals surface area contributed by atoms with Crippen molar-refractivity contribution in [3.63, 3.8) is 0 Å². The largest absolute Gasteiger partial charge is 0.506 e. The summed E-state index contributed by atoms with van der Waals surface area (Å²) in [4.78, 5) is 14.1. The quantitative estimate of drug-likeness (QED) is 0.512. The number of benzene rings is 1. The number of nitrogens with zero attached hydrogens (tertiary/aromatic N) is 1. The van der Waals surface area contributed by atoms with E-state index < -0.39 is 0 Å². The van der Waals surface area contributed by atoms with Crippen LogP contribution in [0.2, 0.25) is 0 Å². The van der Waals surface area contributed by atoms with Gasteiger partial charge >= 0.3 is 0 Å². The molecule has 0 aliphatic carbocycles. The second kappa shape index (κ2) is 4.63. The molecule has 0 saturated carbocycles. The fourth-order valence-corrected chi connectivity index (χ4v) is 2.01. The second-order valence-corrected chi connectivity index (χ2v) is 4.49. The van der Waals surface area contributed by atoms with Gasteiger partial charge in [-0.1, -0.05) is 0 Å². The maximum atomic E-state index is 11.9. The molecule has 92 valence electrons. The number of phenols is 1. The van der Waals surface area contributed by atoms with Gasteiger partial charge in [-0.3, -0.25) is 4.79 Å². The van der Waals surface area contributed by atoms with E-state index in [1.54, 1.807) is 6.07 Å². The van der Waals surface area contributed by atoms with Crippen LogP contribution < -0.4 is 11.1 Å². The minimum Gasteiger partial charge on any atom is -0.506 e. The van der Waals surface area contributed by atoms with E-state index in [2.05, 4.69) is 10.2 Å². The summed E-state index contributed by atoms with van der Waals surface area (Å²) < 4.78 is 0. The van der Waals surface area contributed by atoms with Crippen molar-refractivity contribution >= 4 is 11.6 Å². The van der Waals surface area contributed by atoms with Gasteiger partial charge in [0.2, 0.25) is 0 Å². The summed E-state index contributed by atoms with van der Waals surface area (Å²) in [7, 11) is 2.03. The lowest BCUT2D eigenvalue weighted by Crippen LogP contribution is -2.36. The molecule has 1 unspecified atom stereocenters. The molecule has 1 saturated heterocycles. The molecular formula is C12H17N3O2. The normalized spacial score (nSPS) is 20.4. The zero-order valence-electron chi connectivity index (χ0n) is 9.81. The molecule has 1 aliphatic heterocycles. The van der Waals surface area contributed by atoms with Gasteiger partial charge in [0.05, 0.1) is 5.69 Å². The van der Waals surface area contributed by atoms with Crippen molar-refractivity contribution in [3.05, 3.63) is 23.8 Å². The van der Waals surface area contributed by atoms with Gasteiger partial charge in [-0.25, -0.2) is 0 Å². The van der Waals surface area contributed by atoms with Crippen LogP contribution in [0.1, 0.15) is 16.8 Å². The van der Waals surface area contributed by atoms with Gasteiger partial charge in [0, 0.05) is 18.2 Å². The molecule has 17 heavy (non-hydrogen) atoms. The van der Waals surface area contributed by atoms with Gasteiger partial charge in [-0.15, -0.1) is 0 Å². The molecule has 1 fully saturated rings. The van der Waals surface area contributed by atoms with E-state index in [0.29, 0.717) is 5.56 Å². The Labute approximate surface area is 100 Å². The number of carbonyl (C=O) groups is 1. The summed E-state index contributed by atoms with van der Waals surface area (Å²) in [6.07, 6.45) is 0.962. The molecule has 1 amide bonds. The smallest absolute Gasteiger partial charge is 0.251 e. The number of rotatable bonds is 2. The summed E-state index contributed by atoms with van der Waals surface area (Å²) in [6, 6.07) is 4.73. The highest BCUT2D eigenvalue weighted by Crippen LogP contribution is 2.20. The van der Waals surface area contributed by atoms with E-state index in [0.717, 1.165) is 19.5 Å². The molecular weight excluding hydrogens is 218 g/mol. The SMILES string of the molecule is CN1CCC(NC(=O)c2ccc(N)c(O)c2)C1. The van der Waals surface area contributed by atoms with E-state index in [1.807, 2.05) is 7.05 Å². The number of likely N-dealkylation sites (N-methyl/N-ethyl adjacent to an activating group) is 1. The number of nitrogens with two attached hydrogens (primary N) is 1. The van der Waals surface area contributed by atoms with Crippen molar-refractivity contribution in [2.45, 2.75) is 12.5 Å². The first-order valence-electron chi connectivity index (χ1n) is 5.64. The standard InChI is InChI=1S/C12H17N3O2/c1-15-5-4-9(7-15)14-12(17)8-2-3-10(13)11(16)6-8/h2-3,6,9,16H,4-5,7,13H2,1H3,(H,14,17). The van der Waals surface area contributed by atoms with Crippen molar-refractivity contribution in [3.8, 4) is 5.75 Å². The van der Waals surface area contributed by atoms with Gasteiger partial charge in [-0.2, -0.15) is 0 Å². The van der Waals surface area contributed by atoms with Crippen molar-refractivity contribution < 1.29 is 9.90 Å². The molecule has 4 N–H and O–H groups in total. The third-order valence-electron chi connectivity index (χ3n) is 3.02. The second-order valence-electron chi connectivity index (χ2n) is 4.49. The lowest BCUT2D eigenvalue weighted by Gasteiger charge is -2.13. The van der Waals surface area contributed by atoms with Crippen LogP contribution in [0.25, 0.3) is 0 Å². The zero-order chi connectivity index (χ0) is 12.4. The van der Waals surface area contributed by atoms with Crippen LogP contribution in [0.4, 0.5) is 5.69 Å². The molecule has 1 aliphatic rings. The topological polar surface area (TPSA) is 78.6 Å². The van der Waals surface area contributed by atoms with Gasteiger partial charge in [0.25, 0.3) is 5.91 Å². The first-order chi connectivity index (χ1) is 8.06. The number of likely N-dealkylation sites (tertiary alicyclic amines) is 1. The fourth-order valence-electron chi connectivity index (χ4n) is 2.01. The number of hydrogen-bond acceptors (Lipinski definition) is 4. The van der Waals surface area contributed by atoms with Crippen LogP contribution in [-0.2, 0) is 0 Å². The van der Waals surface area contributed by atoms with Gasteiger partial charge in [0.15, 0.2) is 0 Å². The molecule has 0 spiro atoms. The highest BCUT2D eigenvalue weighted by molar-refractivity contribution is 5.95. The third-order valence-corrected chi connectivity index (χ3v) is 3.02. The van der Waals surface area contributed by atoms with Crippen LogP contribution in [0, 0.1) is 0 Å². The number of amides is 1. The minimum absolute atomic E-state index is 0.0545. The Balaban J connectivity index is 2.02. The van der Waals surface area contributed by atoms with Crippen LogP contribution in [-0.4, -0.2) is 42.1 Å². The Morgan fingerprint density at radius 1 is 1.59 bits per heavy atom. The number of carbonyl (C=O) groups excluding carboxylic acids is 1. The maximum Gasteiger partial charge on any atom is 0.251 e. The van der Waals surface area contributed by atoms with Crippen LogP contribution in [0.3, 0.4) is 0 Å². The first-order valence-corrected chi connectivity index (χ1v) is 5.64. The highest BCUT2D eigenvalue weighted by atomic mass is 16.3. The average Bonchev–Trinajstić information content (AvgIpc) is 2.68. The number of phenolic OH excluding ortho intramolecular Hbond substituents is 1. The van der Waals surface area contributed by atoms with Crippen LogP contribution in [0.5, 0.6) is 5.75 Å². The van der Waals surface area contributed by atoms with Gasteiger partial charge < -0.3 is 21.1 Å². The van der Waals surface area contributed by atoms with Gasteiger partial charge in [0.1, 0.15) is 5.75 Å². The molecule has 1 heterocycles. The molecule has 0 aromatic heterocycles. The lowest BCUT2D eigenvalue weighted by atomic mass is 10.1. The fraction of sp³-hybridized carbons (Fsp3) is 0.417. The number of aromatic hydroxyl groups is 1. The summed E-state index contributed by atoms with van der Waals surface area (Å²) in [5.74, 6) is -0.221. The van der Waals surface area contributed by atoms with E-state index in [-0.39, 0.29) is 23.4 Å². The molecule has 2 rings (SSSR count). The number of anilines is 1. The first kappa shape index (κ1) is 11.7. The minimum atomic E-state index is -0.166. The number of hydrogen-bond donors (Lipinski definition) is 3. The Morgan fingerprint density at radius 3 is 2.94 bits per heavy atom. The van der Waals surface area contributed by atoms with Crippen molar-refractivity contribution in [1.82, 2.24) is 10.2 Å². The summed E-state index contributed by atoms with van der Waals surface area (Å²) >= 11 is 0. The average molecular weight is 235 g/mol. The predicted molar refractivity (Wildman–Crippen MR) is 65.9 cm³/mol. The summed E-state index contributed by atoms with van der Waals surface area (Å²) in [5.41, 5.74) is 6.20. The van der Waals surface area contributed by atoms with Crippen molar-refractivity contribution in [2.24, 2.45) is 0 Å². The molecule has 0 bridgehead atoms. The summed E-state index contributed by atoms with van der Waals surface area (Å²) in [6.45, 7) is 1.87. The van der Waals surface area contributed by atoms with Crippen molar-refractivity contribution in [2.75, 3.05) is 25.9 Å². The Hall–Kier alpha value is -1.75. The Morgan fingerprint density at radius 2 is 2.35 bits per heavy atom. The monoisotopic (exact) mass is 235 g/mol. The zero-order valence-corrected chi connectivity index (χ0v) is 9.81. The van der Waals surface area contributed by atoms with E-state index in [4.69, 9.17) is 5.73 Å². The summed E-state index contributed by atoms with van der Waals surface area (Å²) in [5, 5.41) is 12.4. The molecule has 1 atom stereocenters. The number of nitrogen functional groups attached to an aromatic ring is 1. The lowest BCUT2D eigenvalue weighted by molar-refractivity contribution is 0.0938. The van der Waals surface area contributed by atoms with E-state index in [9.17, 15) is 9.90 Å². The van der Waals surface area contributed by atoms with E-state index in [1.165, 1.54) is 12.1 Å². The van der Waals surface area contributed by atoms with Crippen molar-refractivity contribution in [1.29, 1.82) is 0 Å². The molecule has 5 nitrogen and oxygen atoms in total. The number of nitrogens with one attached hydrogen (secondary N) is 1. The maximum absolute atomic E-state index is 11.9. The highest BCUT2D eigenvalue weighted by Gasteiger charge is 2.21. The molecule has 0 radical (unpaired) electrons. The van der Waals surface area contributed by atoms with Crippen LogP contribution in [0.15, 0.2) is 18.2 Å². The third kappa shape index (κ3) is 2.68. The van der Waals surface area contributed by atoms with E-state index >= 15 is 0 Å². The van der Waals surface area contributed by atoms with Crippen LogP contribution >= 0.6 is 0 Å². The molecule has 1 aromatic carbocycles. The molecule has 5 heteroatoms. The molecule has 1 aromatic rings.